The molecule has 0 nitrogen and oxygen atoms in total. The van der Waals surface area contributed by atoms with Gasteiger partial charge in [-0.2, -0.15) is 0 Å². The van der Waals surface area contributed by atoms with Crippen molar-refractivity contribution in [2.75, 3.05) is 0 Å². The van der Waals surface area contributed by atoms with Gasteiger partial charge in [-0.25, -0.2) is 0 Å². The van der Waals surface area contributed by atoms with Gasteiger partial charge in [0.05, 0.1) is 0 Å². The van der Waals surface area contributed by atoms with Gasteiger partial charge in [-0.3, -0.25) is 0 Å². The fraction of sp³-hybridized carbons (Fsp3) is 0.864. The molecule has 0 unspecified atom stereocenters. The molecule has 0 amide bonds. The summed E-state index contributed by atoms with van der Waals surface area (Å²) in [5.74, 6) is 0. The van der Waals surface area contributed by atoms with Crippen LogP contribution in [0, 0.1) is 6.92 Å². The Bertz CT molecular complexity index is 226. The quantitative estimate of drug-likeness (QED) is 0.236. The lowest BCUT2D eigenvalue weighted by Gasteiger charge is -2.03. The number of rotatable bonds is 17. The molecule has 0 saturated heterocycles. The number of hydrogen-bond acceptors (Lipinski definition) is 0. The van der Waals surface area contributed by atoms with Crippen molar-refractivity contribution in [1.29, 1.82) is 0 Å². The van der Waals surface area contributed by atoms with E-state index in [0.717, 1.165) is 0 Å². The first-order valence-corrected chi connectivity index (χ1v) is 10.3. The zero-order valence-electron chi connectivity index (χ0n) is 15.8. The Morgan fingerprint density at radius 3 is 1.50 bits per heavy atom. The third-order valence-electron chi connectivity index (χ3n) is 4.59. The molecule has 22 heavy (non-hydrogen) atoms. The third-order valence-corrected chi connectivity index (χ3v) is 4.59. The molecule has 1 radical (unpaired) electrons. The Hall–Kier alpha value is -0.260. The minimum atomic E-state index is 1.22. The van der Waals surface area contributed by atoms with Gasteiger partial charge in [0.1, 0.15) is 0 Å². The summed E-state index contributed by atoms with van der Waals surface area (Å²) >= 11 is 0. The number of hydrogen-bond donors (Lipinski definition) is 0. The van der Waals surface area contributed by atoms with Crippen molar-refractivity contribution in [3.05, 3.63) is 18.6 Å². The van der Waals surface area contributed by atoms with E-state index in [4.69, 9.17) is 0 Å². The molecule has 0 N–H and O–H groups in total. The lowest BCUT2D eigenvalue weighted by molar-refractivity contribution is 0.550. The molecule has 0 aromatic carbocycles. The predicted molar refractivity (Wildman–Crippen MR) is 103 cm³/mol. The van der Waals surface area contributed by atoms with E-state index in [1.54, 1.807) is 0 Å². The summed E-state index contributed by atoms with van der Waals surface area (Å²) < 4.78 is 0. The fourth-order valence-corrected chi connectivity index (χ4v) is 3.00. The summed E-state index contributed by atoms with van der Waals surface area (Å²) in [5.41, 5.74) is 1.38. The highest BCUT2D eigenvalue weighted by molar-refractivity contribution is 5.04. The van der Waals surface area contributed by atoms with Crippen LogP contribution in [0.25, 0.3) is 0 Å². The molecule has 0 aliphatic rings. The predicted octanol–water partition coefficient (Wildman–Crippen LogP) is 8.42. The van der Waals surface area contributed by atoms with Crippen molar-refractivity contribution in [3.8, 4) is 0 Å². The summed E-state index contributed by atoms with van der Waals surface area (Å²) in [6.45, 7) is 8.75. The van der Waals surface area contributed by atoms with E-state index in [0.29, 0.717) is 0 Å². The second-order valence-corrected chi connectivity index (χ2v) is 7.00. The van der Waals surface area contributed by atoms with E-state index in [1.807, 2.05) is 0 Å². The molecule has 0 heteroatoms. The second-order valence-electron chi connectivity index (χ2n) is 7.00. The summed E-state index contributed by atoms with van der Waals surface area (Å²) in [6, 6.07) is 0. The van der Waals surface area contributed by atoms with Crippen LogP contribution in [0.15, 0.2) is 11.6 Å². The maximum absolute atomic E-state index is 4.19. The molecule has 0 rings (SSSR count). The molecule has 0 aliphatic heterocycles. The zero-order valence-corrected chi connectivity index (χ0v) is 15.8. The monoisotopic (exact) mass is 307 g/mol. The van der Waals surface area contributed by atoms with E-state index in [1.165, 1.54) is 115 Å². The molecule has 0 spiro atoms. The molecular formula is C22H43. The van der Waals surface area contributed by atoms with Crippen LogP contribution in [-0.2, 0) is 0 Å². The van der Waals surface area contributed by atoms with Gasteiger partial charge in [0.2, 0.25) is 0 Å². The average molecular weight is 308 g/mol. The van der Waals surface area contributed by atoms with Gasteiger partial charge in [-0.15, -0.1) is 0 Å². The minimum absolute atomic E-state index is 1.22. The molecule has 0 saturated carbocycles. The van der Waals surface area contributed by atoms with E-state index in [9.17, 15) is 0 Å². The first-order valence-electron chi connectivity index (χ1n) is 10.3. The van der Waals surface area contributed by atoms with E-state index in [2.05, 4.69) is 26.8 Å². The first kappa shape index (κ1) is 21.7. The Labute approximate surface area is 142 Å². The van der Waals surface area contributed by atoms with Gasteiger partial charge < -0.3 is 0 Å². The summed E-state index contributed by atoms with van der Waals surface area (Å²) in [4.78, 5) is 0. The standard InChI is InChI=1S/C22H43/c1-4-6-8-10-11-12-13-14-15-16-17-19-21-22(3)20-18-9-7-5-2/h21H,3-20H2,1-2H3. The Kier molecular flexibility index (Phi) is 18.6. The van der Waals surface area contributed by atoms with Gasteiger partial charge in [0.25, 0.3) is 0 Å². The van der Waals surface area contributed by atoms with Crippen LogP contribution in [0.5, 0.6) is 0 Å². The molecule has 131 valence electrons. The highest BCUT2D eigenvalue weighted by Gasteiger charge is 1.94. The van der Waals surface area contributed by atoms with Gasteiger partial charge in [-0.1, -0.05) is 109 Å². The number of unbranched alkanes of at least 4 members (excludes halogenated alkanes) is 14. The van der Waals surface area contributed by atoms with Crippen LogP contribution in [0.2, 0.25) is 0 Å². The first-order chi connectivity index (χ1) is 10.8. The SMILES string of the molecule is [CH2]C(=CCCCCCCCCCCCCC)CCCCCC. The second kappa shape index (κ2) is 18.8. The van der Waals surface area contributed by atoms with Crippen molar-refractivity contribution in [2.45, 2.75) is 123 Å². The van der Waals surface area contributed by atoms with Crippen molar-refractivity contribution in [1.82, 2.24) is 0 Å². The van der Waals surface area contributed by atoms with Gasteiger partial charge >= 0.3 is 0 Å². The van der Waals surface area contributed by atoms with Gasteiger partial charge in [0.15, 0.2) is 0 Å². The Morgan fingerprint density at radius 1 is 0.591 bits per heavy atom. The molecule has 0 fully saturated rings. The third kappa shape index (κ3) is 17.8. The highest BCUT2D eigenvalue weighted by atomic mass is 14.0. The zero-order chi connectivity index (χ0) is 16.3. The van der Waals surface area contributed by atoms with Crippen molar-refractivity contribution < 1.29 is 0 Å². The van der Waals surface area contributed by atoms with Crippen LogP contribution in [-0.4, -0.2) is 0 Å². The molecule has 0 atom stereocenters. The maximum Gasteiger partial charge on any atom is -0.0283 e. The Morgan fingerprint density at radius 2 is 1.00 bits per heavy atom. The number of allylic oxidation sites excluding steroid dienone is 2. The topological polar surface area (TPSA) is 0 Å². The smallest absolute Gasteiger partial charge is 0.0283 e. The molecular weight excluding hydrogens is 264 g/mol. The van der Waals surface area contributed by atoms with Crippen molar-refractivity contribution in [3.63, 3.8) is 0 Å². The normalized spacial score (nSPS) is 12.0. The van der Waals surface area contributed by atoms with E-state index < -0.39 is 0 Å². The van der Waals surface area contributed by atoms with Gasteiger partial charge in [-0.05, 0) is 32.6 Å². The van der Waals surface area contributed by atoms with Crippen LogP contribution in [0.4, 0.5) is 0 Å². The fourth-order valence-electron chi connectivity index (χ4n) is 3.00. The van der Waals surface area contributed by atoms with E-state index >= 15 is 0 Å². The summed E-state index contributed by atoms with van der Waals surface area (Å²) in [7, 11) is 0. The van der Waals surface area contributed by atoms with E-state index in [-0.39, 0.29) is 0 Å². The van der Waals surface area contributed by atoms with Crippen LogP contribution in [0.3, 0.4) is 0 Å². The average Bonchev–Trinajstić information content (AvgIpc) is 2.52. The largest absolute Gasteiger partial charge is 0.0853 e. The molecule has 0 aromatic heterocycles. The van der Waals surface area contributed by atoms with Gasteiger partial charge in [0, 0.05) is 0 Å². The van der Waals surface area contributed by atoms with Crippen molar-refractivity contribution >= 4 is 0 Å². The molecule has 0 aromatic rings. The molecule has 0 heterocycles. The van der Waals surface area contributed by atoms with Crippen LogP contribution in [0.1, 0.15) is 123 Å². The lowest BCUT2D eigenvalue weighted by atomic mass is 10.0. The lowest BCUT2D eigenvalue weighted by Crippen LogP contribution is -1.83. The maximum atomic E-state index is 4.19. The van der Waals surface area contributed by atoms with Crippen LogP contribution >= 0.6 is 0 Å². The summed E-state index contributed by atoms with van der Waals surface area (Å²) in [5, 5.41) is 0. The highest BCUT2D eigenvalue weighted by Crippen LogP contribution is 2.14. The van der Waals surface area contributed by atoms with Crippen LogP contribution < -0.4 is 0 Å². The Balaban J connectivity index is 3.18. The molecule has 0 aliphatic carbocycles. The minimum Gasteiger partial charge on any atom is -0.0853 e. The summed E-state index contributed by atoms with van der Waals surface area (Å²) in [6.07, 6.45) is 26.0. The van der Waals surface area contributed by atoms with Crippen molar-refractivity contribution in [2.24, 2.45) is 0 Å². The molecule has 0 bridgehead atoms.